The van der Waals surface area contributed by atoms with Crippen molar-refractivity contribution < 1.29 is 4.42 Å². The topological polar surface area (TPSA) is 80.5 Å². The van der Waals surface area contributed by atoms with E-state index in [4.69, 9.17) is 9.68 Å². The van der Waals surface area contributed by atoms with E-state index in [2.05, 4.69) is 15.1 Å². The lowest BCUT2D eigenvalue weighted by Crippen LogP contribution is -2.02. The van der Waals surface area contributed by atoms with Crippen LogP contribution < -0.4 is 0 Å². The molecular formula is C12H9N5OS. The summed E-state index contributed by atoms with van der Waals surface area (Å²) in [7, 11) is 0. The number of nitrogens with zero attached hydrogens (tertiary/aromatic N) is 5. The van der Waals surface area contributed by atoms with E-state index < -0.39 is 0 Å². The number of aryl methyl sites for hydroxylation is 1. The van der Waals surface area contributed by atoms with Gasteiger partial charge in [-0.05, 0) is 18.4 Å². The van der Waals surface area contributed by atoms with E-state index in [1.807, 2.05) is 30.5 Å². The summed E-state index contributed by atoms with van der Waals surface area (Å²) in [6.07, 6.45) is 1.51. The summed E-state index contributed by atoms with van der Waals surface area (Å²) in [4.78, 5) is 9.30. The third-order valence-corrected chi connectivity index (χ3v) is 3.43. The highest BCUT2D eigenvalue weighted by Gasteiger charge is 2.13. The molecule has 0 unspecified atom stereocenters. The van der Waals surface area contributed by atoms with Gasteiger partial charge in [-0.2, -0.15) is 5.26 Å². The summed E-state index contributed by atoms with van der Waals surface area (Å²) in [5, 5.41) is 14.7. The minimum Gasteiger partial charge on any atom is -0.440 e. The van der Waals surface area contributed by atoms with Crippen LogP contribution in [-0.4, -0.2) is 19.7 Å². The van der Waals surface area contributed by atoms with Crippen molar-refractivity contribution in [1.82, 2.24) is 19.7 Å². The van der Waals surface area contributed by atoms with Crippen LogP contribution in [0.25, 0.3) is 10.8 Å². The van der Waals surface area contributed by atoms with Gasteiger partial charge < -0.3 is 4.42 Å². The van der Waals surface area contributed by atoms with Gasteiger partial charge >= 0.3 is 0 Å². The molecule has 3 rings (SSSR count). The molecule has 0 aromatic carbocycles. The fourth-order valence-corrected chi connectivity index (χ4v) is 2.30. The van der Waals surface area contributed by atoms with Crippen LogP contribution in [-0.2, 0) is 6.54 Å². The summed E-state index contributed by atoms with van der Waals surface area (Å²) < 4.78 is 7.21. The zero-order valence-corrected chi connectivity index (χ0v) is 10.9. The van der Waals surface area contributed by atoms with Crippen LogP contribution in [0.2, 0.25) is 0 Å². The third kappa shape index (κ3) is 2.26. The van der Waals surface area contributed by atoms with Crippen LogP contribution in [0.5, 0.6) is 0 Å². The van der Waals surface area contributed by atoms with Crippen LogP contribution in [0, 0.1) is 18.3 Å². The second-order valence-electron chi connectivity index (χ2n) is 3.88. The Morgan fingerprint density at radius 3 is 3.11 bits per heavy atom. The molecule has 6 nitrogen and oxygen atoms in total. The van der Waals surface area contributed by atoms with Gasteiger partial charge in [-0.25, -0.2) is 14.6 Å². The predicted molar refractivity (Wildman–Crippen MR) is 68.4 cm³/mol. The van der Waals surface area contributed by atoms with Crippen LogP contribution >= 0.6 is 11.3 Å². The Morgan fingerprint density at radius 1 is 1.53 bits per heavy atom. The standard InChI is InChI=1S/C12H9N5OS/c1-8-9(6-17-7-14-11(5-13)16-17)15-12(18-8)10-3-2-4-19-10/h2-4,7H,6H2,1H3. The Bertz CT molecular complexity index is 735. The number of nitriles is 1. The number of aromatic nitrogens is 4. The Balaban J connectivity index is 1.87. The number of rotatable bonds is 3. The van der Waals surface area contributed by atoms with Crippen LogP contribution in [0.4, 0.5) is 0 Å². The molecule has 3 aromatic heterocycles. The van der Waals surface area contributed by atoms with E-state index in [0.29, 0.717) is 12.4 Å². The first-order valence-electron chi connectivity index (χ1n) is 5.56. The maximum absolute atomic E-state index is 8.68. The van der Waals surface area contributed by atoms with Crippen molar-refractivity contribution in [3.8, 4) is 16.8 Å². The highest BCUT2D eigenvalue weighted by Crippen LogP contribution is 2.26. The van der Waals surface area contributed by atoms with E-state index >= 15 is 0 Å². The molecule has 7 heteroatoms. The summed E-state index contributed by atoms with van der Waals surface area (Å²) in [6.45, 7) is 2.30. The molecule has 3 heterocycles. The monoisotopic (exact) mass is 271 g/mol. The molecule has 3 aromatic rings. The first-order valence-corrected chi connectivity index (χ1v) is 6.44. The Morgan fingerprint density at radius 2 is 2.42 bits per heavy atom. The van der Waals surface area contributed by atoms with E-state index in [1.165, 1.54) is 6.33 Å². The number of thiophene rings is 1. The van der Waals surface area contributed by atoms with Gasteiger partial charge in [0.25, 0.3) is 5.82 Å². The quantitative estimate of drug-likeness (QED) is 0.729. The van der Waals surface area contributed by atoms with Crippen LogP contribution in [0.15, 0.2) is 28.3 Å². The zero-order chi connectivity index (χ0) is 13.2. The summed E-state index contributed by atoms with van der Waals surface area (Å²) in [5.41, 5.74) is 0.790. The lowest BCUT2D eigenvalue weighted by Gasteiger charge is -1.95. The van der Waals surface area contributed by atoms with Gasteiger partial charge in [0, 0.05) is 0 Å². The summed E-state index contributed by atoms with van der Waals surface area (Å²) >= 11 is 1.58. The molecule has 0 atom stereocenters. The molecule has 0 saturated carbocycles. The lowest BCUT2D eigenvalue weighted by atomic mass is 10.4. The molecule has 0 spiro atoms. The molecule has 0 bridgehead atoms. The molecular weight excluding hydrogens is 262 g/mol. The van der Waals surface area contributed by atoms with Gasteiger partial charge in [-0.1, -0.05) is 6.07 Å². The second kappa shape index (κ2) is 4.66. The van der Waals surface area contributed by atoms with Gasteiger partial charge in [-0.3, -0.25) is 0 Å². The Hall–Kier alpha value is -2.46. The Labute approximate surface area is 113 Å². The molecule has 0 amide bonds. The van der Waals surface area contributed by atoms with Crippen molar-refractivity contribution in [2.75, 3.05) is 0 Å². The van der Waals surface area contributed by atoms with Gasteiger partial charge in [0.2, 0.25) is 5.89 Å². The van der Waals surface area contributed by atoms with Crippen molar-refractivity contribution in [1.29, 1.82) is 5.26 Å². The smallest absolute Gasteiger partial charge is 0.252 e. The van der Waals surface area contributed by atoms with Crippen LogP contribution in [0.1, 0.15) is 17.3 Å². The lowest BCUT2D eigenvalue weighted by molar-refractivity contribution is 0.537. The van der Waals surface area contributed by atoms with E-state index in [0.717, 1.165) is 16.3 Å². The second-order valence-corrected chi connectivity index (χ2v) is 4.82. The molecule has 94 valence electrons. The molecule has 0 N–H and O–H groups in total. The molecule has 0 aliphatic rings. The third-order valence-electron chi connectivity index (χ3n) is 2.57. The summed E-state index contributed by atoms with van der Waals surface area (Å²) in [5.74, 6) is 1.51. The highest BCUT2D eigenvalue weighted by molar-refractivity contribution is 7.13. The van der Waals surface area contributed by atoms with E-state index in [9.17, 15) is 0 Å². The zero-order valence-electron chi connectivity index (χ0n) is 10.1. The van der Waals surface area contributed by atoms with E-state index in [-0.39, 0.29) is 5.82 Å². The van der Waals surface area contributed by atoms with Crippen LogP contribution in [0.3, 0.4) is 0 Å². The van der Waals surface area contributed by atoms with Gasteiger partial charge in [0.05, 0.1) is 11.4 Å². The number of hydrogen-bond acceptors (Lipinski definition) is 6. The minimum atomic E-state index is 0.152. The van der Waals surface area contributed by atoms with Crippen molar-refractivity contribution in [3.63, 3.8) is 0 Å². The summed E-state index contributed by atoms with van der Waals surface area (Å²) in [6, 6.07) is 5.81. The number of hydrogen-bond donors (Lipinski definition) is 0. The fraction of sp³-hybridized carbons (Fsp3) is 0.167. The molecule has 0 saturated heterocycles. The molecule has 19 heavy (non-hydrogen) atoms. The van der Waals surface area contributed by atoms with Gasteiger partial charge in [-0.15, -0.1) is 16.4 Å². The first-order chi connectivity index (χ1) is 9.26. The predicted octanol–water partition coefficient (Wildman–Crippen LogP) is 2.22. The van der Waals surface area contributed by atoms with Crippen molar-refractivity contribution in [2.45, 2.75) is 13.5 Å². The van der Waals surface area contributed by atoms with E-state index in [1.54, 1.807) is 16.0 Å². The van der Waals surface area contributed by atoms with Crippen molar-refractivity contribution in [3.05, 3.63) is 41.1 Å². The molecule has 0 aliphatic carbocycles. The normalized spacial score (nSPS) is 10.5. The average Bonchev–Trinajstić information content (AvgIpc) is 3.12. The minimum absolute atomic E-state index is 0.152. The maximum Gasteiger partial charge on any atom is 0.252 e. The molecule has 0 fully saturated rings. The highest BCUT2D eigenvalue weighted by atomic mass is 32.1. The molecule has 0 radical (unpaired) electrons. The van der Waals surface area contributed by atoms with Gasteiger partial charge in [0.15, 0.2) is 0 Å². The fourth-order valence-electron chi connectivity index (χ4n) is 1.66. The first kappa shape index (κ1) is 11.6. The van der Waals surface area contributed by atoms with Gasteiger partial charge in [0.1, 0.15) is 23.9 Å². The average molecular weight is 271 g/mol. The van der Waals surface area contributed by atoms with Crippen molar-refractivity contribution >= 4 is 11.3 Å². The maximum atomic E-state index is 8.68. The Kier molecular flexibility index (Phi) is 2.85. The molecule has 0 aliphatic heterocycles. The largest absolute Gasteiger partial charge is 0.440 e. The SMILES string of the molecule is Cc1oc(-c2cccs2)nc1Cn1cnc(C#N)n1. The van der Waals surface area contributed by atoms with Crippen molar-refractivity contribution in [2.24, 2.45) is 0 Å². The number of oxazole rings is 1.